The van der Waals surface area contributed by atoms with Gasteiger partial charge in [-0.15, -0.1) is 11.8 Å². The zero-order valence-electron chi connectivity index (χ0n) is 14.4. The van der Waals surface area contributed by atoms with Gasteiger partial charge in [0.1, 0.15) is 0 Å². The number of nitrogens with zero attached hydrogens (tertiary/aromatic N) is 1. The first-order valence-electron chi connectivity index (χ1n) is 7.75. The molecule has 0 aliphatic heterocycles. The summed E-state index contributed by atoms with van der Waals surface area (Å²) in [4.78, 5) is 25.9. The van der Waals surface area contributed by atoms with Crippen LogP contribution in [0.15, 0.2) is 42.5 Å². The van der Waals surface area contributed by atoms with Gasteiger partial charge in [-0.1, -0.05) is 35.3 Å². The van der Waals surface area contributed by atoms with Gasteiger partial charge < -0.3 is 4.90 Å². The zero-order chi connectivity index (χ0) is 19.1. The molecule has 5 nitrogen and oxygen atoms in total. The van der Waals surface area contributed by atoms with Crippen molar-refractivity contribution in [1.29, 1.82) is 0 Å². The summed E-state index contributed by atoms with van der Waals surface area (Å²) in [5.41, 5.74) is 7.10. The fraction of sp³-hybridized carbons (Fsp3) is 0.222. The van der Waals surface area contributed by atoms with Crippen molar-refractivity contribution in [2.75, 3.05) is 24.7 Å². The molecule has 0 heterocycles. The Morgan fingerprint density at radius 2 is 1.85 bits per heavy atom. The quantitative estimate of drug-likeness (QED) is 0.710. The minimum absolute atomic E-state index is 0.191. The third-order valence-corrected chi connectivity index (χ3v) is 5.01. The van der Waals surface area contributed by atoms with Gasteiger partial charge in [0.15, 0.2) is 0 Å². The van der Waals surface area contributed by atoms with E-state index >= 15 is 0 Å². The number of benzene rings is 2. The molecule has 0 atom stereocenters. The number of halogens is 2. The van der Waals surface area contributed by atoms with Crippen molar-refractivity contribution in [3.8, 4) is 0 Å². The predicted molar refractivity (Wildman–Crippen MR) is 109 cm³/mol. The van der Waals surface area contributed by atoms with Crippen LogP contribution in [0.3, 0.4) is 0 Å². The summed E-state index contributed by atoms with van der Waals surface area (Å²) in [6.45, 7) is 0. The van der Waals surface area contributed by atoms with E-state index in [0.717, 1.165) is 11.3 Å². The van der Waals surface area contributed by atoms with Crippen LogP contribution in [0.1, 0.15) is 15.9 Å². The van der Waals surface area contributed by atoms with Crippen molar-refractivity contribution in [3.05, 3.63) is 63.6 Å². The summed E-state index contributed by atoms with van der Waals surface area (Å²) in [5, 5.41) is 1.14. The summed E-state index contributed by atoms with van der Waals surface area (Å²) >= 11 is 13.3. The van der Waals surface area contributed by atoms with Gasteiger partial charge in [-0.3, -0.25) is 20.4 Å². The van der Waals surface area contributed by atoms with Gasteiger partial charge in [0, 0.05) is 41.1 Å². The summed E-state index contributed by atoms with van der Waals surface area (Å²) in [6.07, 6.45) is 0. The summed E-state index contributed by atoms with van der Waals surface area (Å²) in [5.74, 6) is 0.101. The molecule has 0 saturated heterocycles. The number of nitrogens with one attached hydrogen (secondary N) is 2. The maximum Gasteiger partial charge on any atom is 0.269 e. The lowest BCUT2D eigenvalue weighted by molar-refractivity contribution is -0.119. The normalized spacial score (nSPS) is 10.3. The average molecular weight is 412 g/mol. The highest BCUT2D eigenvalue weighted by atomic mass is 35.5. The maximum absolute atomic E-state index is 12.1. The van der Waals surface area contributed by atoms with Crippen LogP contribution in [0.25, 0.3) is 0 Å². The van der Waals surface area contributed by atoms with Gasteiger partial charge in [0.05, 0.1) is 5.75 Å². The lowest BCUT2D eigenvalue weighted by Crippen LogP contribution is -2.42. The van der Waals surface area contributed by atoms with Gasteiger partial charge in [-0.25, -0.2) is 0 Å². The molecule has 26 heavy (non-hydrogen) atoms. The minimum Gasteiger partial charge on any atom is -0.378 e. The fourth-order valence-corrected chi connectivity index (χ4v) is 3.44. The van der Waals surface area contributed by atoms with E-state index in [1.54, 1.807) is 30.3 Å². The number of amides is 2. The first-order chi connectivity index (χ1) is 12.4. The Bertz CT molecular complexity index is 800. The van der Waals surface area contributed by atoms with Gasteiger partial charge >= 0.3 is 0 Å². The molecule has 2 aromatic rings. The molecule has 0 spiro atoms. The lowest BCUT2D eigenvalue weighted by atomic mass is 10.2. The summed E-state index contributed by atoms with van der Waals surface area (Å²) in [6, 6.07) is 12.4. The highest BCUT2D eigenvalue weighted by Crippen LogP contribution is 2.24. The van der Waals surface area contributed by atoms with Gasteiger partial charge in [0.25, 0.3) is 5.91 Å². The second-order valence-corrected chi connectivity index (χ2v) is 7.50. The topological polar surface area (TPSA) is 61.4 Å². The number of hydrogen-bond acceptors (Lipinski definition) is 4. The molecule has 0 aliphatic rings. The molecule has 0 bridgehead atoms. The first-order valence-corrected chi connectivity index (χ1v) is 9.66. The Hall–Kier alpha value is -1.89. The van der Waals surface area contributed by atoms with Crippen LogP contribution in [-0.2, 0) is 10.5 Å². The number of thioether (sulfide) groups is 1. The second kappa shape index (κ2) is 9.71. The molecule has 0 aromatic heterocycles. The van der Waals surface area contributed by atoms with E-state index in [-0.39, 0.29) is 17.6 Å². The van der Waals surface area contributed by atoms with Crippen molar-refractivity contribution in [2.45, 2.75) is 5.75 Å². The molecular formula is C18H19Cl2N3O2S. The van der Waals surface area contributed by atoms with Crippen LogP contribution in [-0.4, -0.2) is 31.7 Å². The summed E-state index contributed by atoms with van der Waals surface area (Å²) in [7, 11) is 3.78. The number of carbonyl (C=O) groups is 2. The largest absolute Gasteiger partial charge is 0.378 e. The molecule has 0 aliphatic carbocycles. The molecule has 0 unspecified atom stereocenters. The Morgan fingerprint density at radius 3 is 2.54 bits per heavy atom. The van der Waals surface area contributed by atoms with Crippen molar-refractivity contribution in [2.24, 2.45) is 0 Å². The van der Waals surface area contributed by atoms with Crippen molar-refractivity contribution >= 4 is 52.5 Å². The summed E-state index contributed by atoms with van der Waals surface area (Å²) < 4.78 is 0. The van der Waals surface area contributed by atoms with Crippen LogP contribution in [0.2, 0.25) is 10.0 Å². The van der Waals surface area contributed by atoms with E-state index in [4.69, 9.17) is 23.2 Å². The highest BCUT2D eigenvalue weighted by molar-refractivity contribution is 7.99. The molecule has 0 fully saturated rings. The average Bonchev–Trinajstić information content (AvgIpc) is 2.61. The van der Waals surface area contributed by atoms with E-state index < -0.39 is 0 Å². The second-order valence-electron chi connectivity index (χ2n) is 5.68. The third kappa shape index (κ3) is 6.12. The van der Waals surface area contributed by atoms with E-state index in [0.29, 0.717) is 21.4 Å². The van der Waals surface area contributed by atoms with Crippen LogP contribution in [0.5, 0.6) is 0 Å². The molecule has 2 N–H and O–H groups in total. The monoisotopic (exact) mass is 411 g/mol. The van der Waals surface area contributed by atoms with Crippen LogP contribution >= 0.6 is 35.0 Å². The maximum atomic E-state index is 12.1. The number of hydrazine groups is 1. The zero-order valence-corrected chi connectivity index (χ0v) is 16.7. The van der Waals surface area contributed by atoms with Crippen LogP contribution in [0, 0.1) is 0 Å². The third-order valence-electron chi connectivity index (χ3n) is 3.45. The van der Waals surface area contributed by atoms with Gasteiger partial charge in [-0.2, -0.15) is 0 Å². The highest BCUT2D eigenvalue weighted by Gasteiger charge is 2.09. The molecular weight excluding hydrogens is 393 g/mol. The van der Waals surface area contributed by atoms with Gasteiger partial charge in [-0.05, 0) is 35.9 Å². The Kier molecular flexibility index (Phi) is 7.63. The van der Waals surface area contributed by atoms with Crippen LogP contribution in [0.4, 0.5) is 5.69 Å². The molecule has 0 radical (unpaired) electrons. The number of rotatable bonds is 6. The number of carbonyl (C=O) groups excluding carboxylic acids is 2. The van der Waals surface area contributed by atoms with Crippen LogP contribution < -0.4 is 15.8 Å². The van der Waals surface area contributed by atoms with Gasteiger partial charge in [0.2, 0.25) is 5.91 Å². The standard InChI is InChI=1S/C18H19Cl2N3O2S/c1-23(2)15-5-3-4-12(8-15)18(25)22-21-17(24)11-26-10-13-6-7-14(19)9-16(13)20/h3-9H,10-11H2,1-2H3,(H,21,24)(H,22,25). The van der Waals surface area contributed by atoms with E-state index in [2.05, 4.69) is 10.9 Å². The number of anilines is 1. The Morgan fingerprint density at radius 1 is 1.08 bits per heavy atom. The predicted octanol–water partition coefficient (Wildman–Crippen LogP) is 3.75. The molecule has 8 heteroatoms. The van der Waals surface area contributed by atoms with Crippen molar-refractivity contribution in [1.82, 2.24) is 10.9 Å². The molecule has 2 rings (SSSR count). The van der Waals surface area contributed by atoms with Crippen molar-refractivity contribution < 1.29 is 9.59 Å². The molecule has 138 valence electrons. The molecule has 2 aromatic carbocycles. The minimum atomic E-state index is -0.368. The molecule has 2 amide bonds. The Balaban J connectivity index is 1.77. The van der Waals surface area contributed by atoms with E-state index in [1.165, 1.54) is 11.8 Å². The number of hydrogen-bond donors (Lipinski definition) is 2. The first kappa shape index (κ1) is 20.4. The fourth-order valence-electron chi connectivity index (χ4n) is 2.05. The SMILES string of the molecule is CN(C)c1cccc(C(=O)NNC(=O)CSCc2ccc(Cl)cc2Cl)c1. The van der Waals surface area contributed by atoms with Crippen molar-refractivity contribution in [3.63, 3.8) is 0 Å². The smallest absolute Gasteiger partial charge is 0.269 e. The van der Waals surface area contributed by atoms with E-state index in [1.807, 2.05) is 31.1 Å². The Labute approximate surface area is 167 Å². The van der Waals surface area contributed by atoms with E-state index in [9.17, 15) is 9.59 Å². The lowest BCUT2D eigenvalue weighted by Gasteiger charge is -2.13. The molecule has 0 saturated carbocycles.